The molecule has 17 heteroatoms. The van der Waals surface area contributed by atoms with E-state index >= 15 is 0 Å². The van der Waals surface area contributed by atoms with Gasteiger partial charge in [0.2, 0.25) is 23.6 Å². The van der Waals surface area contributed by atoms with Crippen molar-refractivity contribution in [2.24, 2.45) is 11.1 Å². The van der Waals surface area contributed by atoms with Gasteiger partial charge in [0.25, 0.3) is 11.8 Å². The maximum absolute atomic E-state index is 14.9. The molecule has 0 bridgehead atoms. The van der Waals surface area contributed by atoms with Gasteiger partial charge in [0, 0.05) is 61.2 Å². The molecule has 0 saturated heterocycles. The molecule has 4 atom stereocenters. The first-order valence-corrected chi connectivity index (χ1v) is 19.4. The maximum Gasteiger partial charge on any atom is 0.254 e. The molecular formula is C42H51F2N7O8. The molecule has 6 amide bonds. The molecule has 2 aromatic carbocycles. The van der Waals surface area contributed by atoms with Crippen molar-refractivity contribution < 1.29 is 47.4 Å². The zero-order valence-electron chi connectivity index (χ0n) is 33.0. The van der Waals surface area contributed by atoms with Gasteiger partial charge in [0.05, 0.1) is 12.1 Å². The summed E-state index contributed by atoms with van der Waals surface area (Å²) in [6.07, 6.45) is 5.77. The van der Waals surface area contributed by atoms with E-state index < -0.39 is 83.8 Å². The highest BCUT2D eigenvalue weighted by atomic mass is 19.1. The minimum atomic E-state index is -1.17. The maximum atomic E-state index is 14.9. The van der Waals surface area contributed by atoms with E-state index in [4.69, 9.17) is 5.73 Å². The van der Waals surface area contributed by atoms with E-state index in [1.807, 2.05) is 44.2 Å². The first kappa shape index (κ1) is 45.6. The number of nitrogens with zero attached hydrogens (tertiary/aromatic N) is 2. The lowest BCUT2D eigenvalue weighted by Crippen LogP contribution is -2.51. The smallest absolute Gasteiger partial charge is 0.254 e. The number of nitrogens with two attached hydrogens (primary N) is 1. The van der Waals surface area contributed by atoms with Crippen LogP contribution in [-0.4, -0.2) is 106 Å². The second kappa shape index (κ2) is 21.6. The number of hydrogen-bond donors (Lipinski definition) is 6. The highest BCUT2D eigenvalue weighted by molar-refractivity contribution is 6.14. The summed E-state index contributed by atoms with van der Waals surface area (Å²) in [6.45, 7) is 2.29. The van der Waals surface area contributed by atoms with E-state index in [0.717, 1.165) is 35.9 Å². The number of hydrogen-bond acceptors (Lipinski definition) is 9. The van der Waals surface area contributed by atoms with Gasteiger partial charge in [-0.2, -0.15) is 0 Å². The Hall–Kier alpha value is -6.07. The van der Waals surface area contributed by atoms with E-state index in [1.165, 1.54) is 11.1 Å². The van der Waals surface area contributed by atoms with Gasteiger partial charge in [-0.3, -0.25) is 33.7 Å². The lowest BCUT2D eigenvalue weighted by atomic mass is 9.73. The number of imide groups is 1. The van der Waals surface area contributed by atoms with Crippen LogP contribution in [0.15, 0.2) is 72.9 Å². The van der Waals surface area contributed by atoms with Gasteiger partial charge in [-0.1, -0.05) is 44.2 Å². The van der Waals surface area contributed by atoms with Crippen molar-refractivity contribution in [3.8, 4) is 11.1 Å². The summed E-state index contributed by atoms with van der Waals surface area (Å²) in [5.74, 6) is -5.29. The number of amides is 6. The number of benzene rings is 2. The Balaban J connectivity index is 1.43. The minimum absolute atomic E-state index is 0.0237. The summed E-state index contributed by atoms with van der Waals surface area (Å²) in [5, 5.41) is 17.8. The molecule has 15 nitrogen and oxygen atoms in total. The number of aryl methyl sites for hydroxylation is 1. The third-order valence-corrected chi connectivity index (χ3v) is 10.5. The number of aldehydes is 1. The van der Waals surface area contributed by atoms with Crippen molar-refractivity contribution >= 4 is 41.7 Å². The molecule has 1 aromatic heterocycles. The quantitative estimate of drug-likeness (QED) is 0.0468. The Morgan fingerprint density at radius 3 is 2.31 bits per heavy atom. The predicted octanol–water partition coefficient (Wildman–Crippen LogP) is 2.21. The minimum Gasteiger partial charge on any atom is -0.387 e. The molecule has 0 saturated carbocycles. The Morgan fingerprint density at radius 2 is 1.66 bits per heavy atom. The summed E-state index contributed by atoms with van der Waals surface area (Å²) in [4.78, 5) is 92.0. The molecule has 316 valence electrons. The number of carbonyl (C=O) groups excluding carboxylic acids is 7. The lowest BCUT2D eigenvalue weighted by Gasteiger charge is -2.44. The number of aromatic nitrogens is 1. The molecule has 2 heterocycles. The van der Waals surface area contributed by atoms with Crippen LogP contribution < -0.4 is 21.7 Å². The van der Waals surface area contributed by atoms with Crippen molar-refractivity contribution in [1.29, 1.82) is 0 Å². The number of halogens is 2. The Kier molecular flexibility index (Phi) is 16.7. The Bertz CT molecular complexity index is 1990. The molecule has 0 aliphatic carbocycles. The second-order valence-corrected chi connectivity index (χ2v) is 14.5. The van der Waals surface area contributed by atoms with Gasteiger partial charge < -0.3 is 41.5 Å². The predicted molar refractivity (Wildman–Crippen MR) is 213 cm³/mol. The monoisotopic (exact) mass is 819 g/mol. The molecule has 1 aliphatic heterocycles. The summed E-state index contributed by atoms with van der Waals surface area (Å²) in [6, 6.07) is 11.5. The molecule has 4 rings (SSSR count). The van der Waals surface area contributed by atoms with E-state index in [-0.39, 0.29) is 44.5 Å². The fourth-order valence-electron chi connectivity index (χ4n) is 6.94. The normalized spacial score (nSPS) is 14.9. The third kappa shape index (κ3) is 12.5. The summed E-state index contributed by atoms with van der Waals surface area (Å²) in [7, 11) is 0. The van der Waals surface area contributed by atoms with Crippen LogP contribution in [0.4, 0.5) is 8.78 Å². The highest BCUT2D eigenvalue weighted by Gasteiger charge is 2.41. The average molecular weight is 820 g/mol. The molecule has 0 fully saturated rings. The van der Waals surface area contributed by atoms with Gasteiger partial charge in [-0.05, 0) is 67.3 Å². The first-order chi connectivity index (χ1) is 28.2. The molecule has 0 radical (unpaired) electrons. The number of aromatic amines is 1. The number of aliphatic hydroxyl groups is 1. The number of carbonyl (C=O) groups is 7. The first-order valence-electron chi connectivity index (χ1n) is 19.4. The van der Waals surface area contributed by atoms with Gasteiger partial charge >= 0.3 is 0 Å². The highest BCUT2D eigenvalue weighted by Crippen LogP contribution is 2.45. The zero-order valence-corrected chi connectivity index (χ0v) is 33.0. The number of H-pyrrole nitrogens is 1. The van der Waals surface area contributed by atoms with E-state index in [9.17, 15) is 47.4 Å². The third-order valence-electron chi connectivity index (χ3n) is 10.5. The number of aliphatic hydroxyl groups excluding tert-OH is 1. The molecule has 59 heavy (non-hydrogen) atoms. The largest absolute Gasteiger partial charge is 0.387 e. The molecule has 7 N–H and O–H groups in total. The summed E-state index contributed by atoms with van der Waals surface area (Å²) >= 11 is 0. The Morgan fingerprint density at radius 1 is 0.983 bits per heavy atom. The molecule has 0 spiro atoms. The van der Waals surface area contributed by atoms with Crippen LogP contribution in [0.5, 0.6) is 0 Å². The van der Waals surface area contributed by atoms with E-state index in [1.54, 1.807) is 6.07 Å². The van der Waals surface area contributed by atoms with Gasteiger partial charge in [-0.15, -0.1) is 0 Å². The summed E-state index contributed by atoms with van der Waals surface area (Å²) < 4.78 is 29.0. The van der Waals surface area contributed by atoms with Crippen molar-refractivity contribution in [2.75, 3.05) is 32.8 Å². The Labute approximate surface area is 340 Å². The van der Waals surface area contributed by atoms with Gasteiger partial charge in [0.1, 0.15) is 37.1 Å². The topological polar surface area (TPSA) is 224 Å². The van der Waals surface area contributed by atoms with Gasteiger partial charge in [0.15, 0.2) is 0 Å². The fourth-order valence-corrected chi connectivity index (χ4v) is 6.94. The SMILES string of the molecule is CCC(C)(CCc1ccccc1)C(c1cc(-c2cc(F)ccc2F)c[nH]1)N(CCC(N)C(=O)NCCNC(=O)C(CCC=O)NC(=O)CN1C(=O)C=CC1=O)C(=O)CO. The van der Waals surface area contributed by atoms with Crippen LogP contribution in [-0.2, 0) is 40.0 Å². The zero-order chi connectivity index (χ0) is 43.1. The standard InChI is InChI=1S/C42H51F2N7O8/c1-3-42(2,17-15-27-8-5-4-6-9-27)39(34-22-28(24-48-34)30-23-29(43)11-12-31(30)44)50(38(57)26-53)20-16-32(45)40(58)46-18-19-47-41(59)33(10-7-21-52)49-35(54)25-51-36(55)13-14-37(51)56/h4-6,8-9,11-14,21-24,32-33,39,48,53H,3,7,10,15-20,25-26,45H2,1-2H3,(H,46,58)(H,47,59)(H,49,54). The van der Waals surface area contributed by atoms with Crippen molar-refractivity contribution in [3.05, 3.63) is 95.8 Å². The number of nitrogens with one attached hydrogen (secondary N) is 4. The van der Waals surface area contributed by atoms with Crippen LogP contribution in [0.2, 0.25) is 0 Å². The lowest BCUT2D eigenvalue weighted by molar-refractivity contribution is -0.141. The van der Waals surface area contributed by atoms with E-state index in [0.29, 0.717) is 41.7 Å². The fraction of sp³-hybridized carbons (Fsp3) is 0.405. The van der Waals surface area contributed by atoms with Crippen LogP contribution in [0.3, 0.4) is 0 Å². The van der Waals surface area contributed by atoms with Crippen LogP contribution >= 0.6 is 0 Å². The number of rotatable bonds is 23. The van der Waals surface area contributed by atoms with Crippen molar-refractivity contribution in [3.63, 3.8) is 0 Å². The molecular weight excluding hydrogens is 768 g/mol. The van der Waals surface area contributed by atoms with Crippen molar-refractivity contribution in [2.45, 2.75) is 70.5 Å². The average Bonchev–Trinajstić information content (AvgIpc) is 3.84. The van der Waals surface area contributed by atoms with Crippen molar-refractivity contribution in [1.82, 2.24) is 30.7 Å². The molecule has 1 aliphatic rings. The van der Waals surface area contributed by atoms with Crippen LogP contribution in [0, 0.1) is 17.0 Å². The van der Waals surface area contributed by atoms with Crippen LogP contribution in [0.25, 0.3) is 11.1 Å². The second-order valence-electron chi connectivity index (χ2n) is 14.5. The van der Waals surface area contributed by atoms with E-state index in [2.05, 4.69) is 20.9 Å². The molecule has 3 aromatic rings. The summed E-state index contributed by atoms with van der Waals surface area (Å²) in [5.41, 5.74) is 7.61. The molecule has 4 unspecified atom stereocenters. The van der Waals surface area contributed by atoms with Crippen LogP contribution in [0.1, 0.15) is 63.3 Å². The van der Waals surface area contributed by atoms with Gasteiger partial charge in [-0.25, -0.2) is 8.78 Å².